The first-order valence-corrected chi connectivity index (χ1v) is 14.1. The van der Waals surface area contributed by atoms with E-state index >= 15 is 0 Å². The molecule has 0 radical (unpaired) electrons. The van der Waals surface area contributed by atoms with Gasteiger partial charge in [0, 0.05) is 40.7 Å². The Kier molecular flexibility index (Phi) is 6.46. The number of amides is 1. The molecule has 1 unspecified atom stereocenters. The summed E-state index contributed by atoms with van der Waals surface area (Å²) in [5, 5.41) is 21.0. The van der Waals surface area contributed by atoms with Crippen LogP contribution >= 0.6 is 34.4 Å². The molecule has 1 aromatic carbocycles. The zero-order valence-corrected chi connectivity index (χ0v) is 21.9. The van der Waals surface area contributed by atoms with Gasteiger partial charge in [0.15, 0.2) is 0 Å². The van der Waals surface area contributed by atoms with Crippen LogP contribution in [0.2, 0.25) is 0 Å². The summed E-state index contributed by atoms with van der Waals surface area (Å²) in [7, 11) is 0. The summed E-state index contributed by atoms with van der Waals surface area (Å²) in [6, 6.07) is 9.81. The number of hydrogen-bond donors (Lipinski definition) is 1. The van der Waals surface area contributed by atoms with E-state index < -0.39 is 0 Å². The summed E-state index contributed by atoms with van der Waals surface area (Å²) < 4.78 is 1.72. The summed E-state index contributed by atoms with van der Waals surface area (Å²) >= 11 is 4.74. The van der Waals surface area contributed by atoms with E-state index in [1.165, 1.54) is 22.2 Å². The first-order valence-electron chi connectivity index (χ1n) is 11.6. The molecule has 4 heterocycles. The number of para-hydroxylation sites is 1. The van der Waals surface area contributed by atoms with Gasteiger partial charge in [-0.3, -0.25) is 4.79 Å². The molecule has 1 aliphatic rings. The van der Waals surface area contributed by atoms with Crippen molar-refractivity contribution in [2.45, 2.75) is 42.8 Å². The zero-order chi connectivity index (χ0) is 24.5. The molecule has 36 heavy (non-hydrogen) atoms. The number of aromatic nitrogens is 7. The number of aryl methyl sites for hydroxylation is 2. The second-order valence-corrected chi connectivity index (χ2v) is 11.5. The van der Waals surface area contributed by atoms with Gasteiger partial charge in [0.2, 0.25) is 11.1 Å². The number of thiazole rings is 1. The van der Waals surface area contributed by atoms with Crippen LogP contribution in [0.5, 0.6) is 0 Å². The molecule has 0 fully saturated rings. The van der Waals surface area contributed by atoms with Gasteiger partial charge >= 0.3 is 0 Å². The Hall–Kier alpha value is -3.22. The molecule has 182 valence electrons. The third kappa shape index (κ3) is 4.63. The second kappa shape index (κ2) is 10.0. The van der Waals surface area contributed by atoms with Crippen LogP contribution in [0, 0.1) is 12.8 Å². The van der Waals surface area contributed by atoms with E-state index in [9.17, 15) is 4.79 Å². The van der Waals surface area contributed by atoms with E-state index in [1.54, 1.807) is 33.6 Å². The lowest BCUT2D eigenvalue weighted by molar-refractivity contribution is -0.125. The summed E-state index contributed by atoms with van der Waals surface area (Å²) in [6.07, 6.45) is 4.92. The lowest BCUT2D eigenvalue weighted by Crippen LogP contribution is -2.34. The van der Waals surface area contributed by atoms with Crippen LogP contribution < -0.4 is 5.32 Å². The van der Waals surface area contributed by atoms with Gasteiger partial charge in [-0.1, -0.05) is 18.2 Å². The van der Waals surface area contributed by atoms with Crippen molar-refractivity contribution in [2.24, 2.45) is 5.92 Å². The molecule has 0 saturated carbocycles. The van der Waals surface area contributed by atoms with Crippen LogP contribution in [0.3, 0.4) is 0 Å². The first-order chi connectivity index (χ1) is 17.7. The van der Waals surface area contributed by atoms with Crippen LogP contribution in [0.4, 0.5) is 0 Å². The summed E-state index contributed by atoms with van der Waals surface area (Å²) in [5.74, 6) is 0.796. The normalized spacial score (nSPS) is 15.2. The number of thiophene rings is 1. The number of fused-ring (bicyclic) bond motifs is 3. The Morgan fingerprint density at radius 2 is 2.14 bits per heavy atom. The third-order valence-corrected chi connectivity index (χ3v) is 9.02. The number of tetrazole rings is 1. The number of nitrogens with one attached hydrogen (secondary N) is 1. The van der Waals surface area contributed by atoms with Crippen molar-refractivity contribution in [1.82, 2.24) is 40.5 Å². The average Bonchev–Trinajstić information content (AvgIpc) is 3.64. The molecular weight excluding hydrogens is 513 g/mol. The minimum atomic E-state index is -0.0302. The maximum Gasteiger partial charge on any atom is 0.223 e. The minimum Gasteiger partial charge on any atom is -0.355 e. The quantitative estimate of drug-likeness (QED) is 0.311. The van der Waals surface area contributed by atoms with E-state index in [0.717, 1.165) is 51.6 Å². The predicted molar refractivity (Wildman–Crippen MR) is 140 cm³/mol. The van der Waals surface area contributed by atoms with Gasteiger partial charge in [0.05, 0.1) is 10.7 Å². The SMILES string of the molecule is Cc1nc(Sc2nnnn2-c2ccccc2)c2c3c(sc2n1)CC(C(=O)NCCc1nccs1)CC3. The van der Waals surface area contributed by atoms with E-state index in [2.05, 4.69) is 25.8 Å². The van der Waals surface area contributed by atoms with Gasteiger partial charge in [-0.25, -0.2) is 15.0 Å². The molecule has 5 aromatic rings. The Labute approximate surface area is 219 Å². The second-order valence-electron chi connectivity index (χ2n) is 8.48. The summed E-state index contributed by atoms with van der Waals surface area (Å²) in [6.45, 7) is 2.52. The van der Waals surface area contributed by atoms with Crippen LogP contribution in [0.1, 0.15) is 27.7 Å². The van der Waals surface area contributed by atoms with E-state index in [0.29, 0.717) is 17.5 Å². The van der Waals surface area contributed by atoms with Crippen molar-refractivity contribution in [3.63, 3.8) is 0 Å². The molecule has 1 atom stereocenters. The Morgan fingerprint density at radius 3 is 2.97 bits per heavy atom. The molecule has 1 aliphatic carbocycles. The van der Waals surface area contributed by atoms with Crippen molar-refractivity contribution < 1.29 is 4.79 Å². The molecule has 0 bridgehead atoms. The summed E-state index contributed by atoms with van der Waals surface area (Å²) in [4.78, 5) is 28.8. The van der Waals surface area contributed by atoms with E-state index in [-0.39, 0.29) is 11.8 Å². The smallest absolute Gasteiger partial charge is 0.223 e. The highest BCUT2D eigenvalue weighted by Gasteiger charge is 2.29. The maximum atomic E-state index is 12.9. The highest BCUT2D eigenvalue weighted by molar-refractivity contribution is 7.99. The largest absolute Gasteiger partial charge is 0.355 e. The number of nitrogens with zero attached hydrogens (tertiary/aromatic N) is 7. The molecule has 6 rings (SSSR count). The van der Waals surface area contributed by atoms with Crippen LogP contribution in [0.15, 0.2) is 52.1 Å². The number of carbonyl (C=O) groups excluding carboxylic acids is 1. The fourth-order valence-electron chi connectivity index (χ4n) is 4.42. The molecule has 4 aromatic heterocycles. The number of rotatable bonds is 7. The molecule has 12 heteroatoms. The molecular formula is C24H22N8OS3. The predicted octanol–water partition coefficient (Wildman–Crippen LogP) is 4.05. The van der Waals surface area contributed by atoms with Crippen molar-refractivity contribution in [2.75, 3.05) is 6.54 Å². The Morgan fingerprint density at radius 1 is 1.25 bits per heavy atom. The summed E-state index contributed by atoms with van der Waals surface area (Å²) in [5.41, 5.74) is 2.14. The van der Waals surface area contributed by atoms with E-state index in [1.807, 2.05) is 42.6 Å². The molecule has 1 N–H and O–H groups in total. The first kappa shape index (κ1) is 23.2. The van der Waals surface area contributed by atoms with Crippen LogP contribution in [-0.2, 0) is 24.1 Å². The lowest BCUT2D eigenvalue weighted by Gasteiger charge is -2.21. The van der Waals surface area contributed by atoms with Crippen molar-refractivity contribution in [3.8, 4) is 5.69 Å². The van der Waals surface area contributed by atoms with Crippen LogP contribution in [0.25, 0.3) is 15.9 Å². The number of carbonyl (C=O) groups is 1. The van der Waals surface area contributed by atoms with Crippen molar-refractivity contribution in [1.29, 1.82) is 0 Å². The highest BCUT2D eigenvalue weighted by Crippen LogP contribution is 2.42. The monoisotopic (exact) mass is 534 g/mol. The number of hydrogen-bond acceptors (Lipinski definition) is 10. The van der Waals surface area contributed by atoms with Crippen molar-refractivity contribution in [3.05, 3.63) is 63.2 Å². The molecule has 0 saturated heterocycles. The maximum absolute atomic E-state index is 12.9. The average molecular weight is 535 g/mol. The third-order valence-electron chi connectivity index (χ3n) is 6.11. The van der Waals surface area contributed by atoms with Gasteiger partial charge in [0.1, 0.15) is 15.7 Å². The van der Waals surface area contributed by atoms with Gasteiger partial charge < -0.3 is 5.32 Å². The topological polar surface area (TPSA) is 111 Å². The number of benzene rings is 1. The fraction of sp³-hybridized carbons (Fsp3) is 0.292. The fourth-order valence-corrected chi connectivity index (χ4v) is 7.43. The molecule has 0 aliphatic heterocycles. The zero-order valence-electron chi connectivity index (χ0n) is 19.4. The van der Waals surface area contributed by atoms with Crippen molar-refractivity contribution >= 4 is 50.6 Å². The molecule has 0 spiro atoms. The Bertz CT molecular complexity index is 1510. The Balaban J connectivity index is 1.24. The van der Waals surface area contributed by atoms with Gasteiger partial charge in [-0.15, -0.1) is 27.8 Å². The standard InChI is InChI=1S/C24H22N8OS3/c1-14-27-22-20(23(28-14)36-24-29-30-31-32(24)16-5-3-2-4-6-16)17-8-7-15(13-18(17)35-22)21(33)26-10-9-19-25-11-12-34-19/h2-6,11-12,15H,7-10,13H2,1H3,(H,26,33). The minimum absolute atomic E-state index is 0.0302. The van der Waals surface area contributed by atoms with Gasteiger partial charge in [-0.05, 0) is 66.1 Å². The highest BCUT2D eigenvalue weighted by atomic mass is 32.2. The lowest BCUT2D eigenvalue weighted by atomic mass is 9.87. The molecule has 1 amide bonds. The van der Waals surface area contributed by atoms with Gasteiger partial charge in [-0.2, -0.15) is 4.68 Å². The van der Waals surface area contributed by atoms with E-state index in [4.69, 9.17) is 9.97 Å². The molecule has 9 nitrogen and oxygen atoms in total. The van der Waals surface area contributed by atoms with Gasteiger partial charge in [0.25, 0.3) is 0 Å². The van der Waals surface area contributed by atoms with Crippen LogP contribution in [-0.4, -0.2) is 47.6 Å².